The molecule has 1 aromatic carbocycles. The van der Waals surface area contributed by atoms with E-state index in [4.69, 9.17) is 16.2 Å². The molecule has 0 aliphatic carbocycles. The van der Waals surface area contributed by atoms with Gasteiger partial charge in [-0.15, -0.1) is 13.2 Å². The summed E-state index contributed by atoms with van der Waals surface area (Å²) in [6.07, 6.45) is -4.94. The first-order valence-electron chi connectivity index (χ1n) is 3.73. The molecule has 1 rings (SSSR count). The van der Waals surface area contributed by atoms with Crippen molar-refractivity contribution in [2.24, 2.45) is 5.73 Å². The predicted molar refractivity (Wildman–Crippen MR) is 45.8 cm³/mol. The van der Waals surface area contributed by atoms with E-state index in [1.54, 1.807) is 0 Å². The summed E-state index contributed by atoms with van der Waals surface area (Å²) in [5.41, 5.74) is 4.71. The van der Waals surface area contributed by atoms with Crippen LogP contribution in [0.15, 0.2) is 18.2 Å². The molecule has 0 aromatic heterocycles. The topological polar surface area (TPSA) is 79.3 Å². The third-order valence-electron chi connectivity index (χ3n) is 1.50. The molecule has 0 unspecified atom stereocenters. The molecule has 0 atom stereocenters. The lowest BCUT2D eigenvalue weighted by atomic mass is 10.1. The molecule has 0 saturated carbocycles. The summed E-state index contributed by atoms with van der Waals surface area (Å²) >= 11 is 0. The van der Waals surface area contributed by atoms with Crippen LogP contribution in [0.25, 0.3) is 0 Å². The Morgan fingerprint density at radius 3 is 2.47 bits per heavy atom. The normalized spacial score (nSPS) is 11.1. The van der Waals surface area contributed by atoms with Crippen molar-refractivity contribution in [1.82, 2.24) is 0 Å². The number of nitrogens with two attached hydrogens (primary N) is 1. The molecule has 7 heteroatoms. The quantitative estimate of drug-likeness (QED) is 0.522. The number of hydrogen-bond donors (Lipinski definition) is 3. The Kier molecular flexibility index (Phi) is 2.74. The number of rotatable bonds is 2. The van der Waals surface area contributed by atoms with Crippen molar-refractivity contribution in [3.05, 3.63) is 23.8 Å². The molecular weight excluding hydrogens is 213 g/mol. The standard InChI is InChI=1S/C8H7F3N2O2/c9-8(10,11)15-6-4(7(12)13)2-1-3-5(6)14/h1-3,14H,(H3,12,13). The summed E-state index contributed by atoms with van der Waals surface area (Å²) in [5.74, 6) is -2.21. The van der Waals surface area contributed by atoms with E-state index in [0.29, 0.717) is 0 Å². The maximum atomic E-state index is 11.9. The Labute approximate surface area is 82.6 Å². The molecule has 0 aliphatic rings. The molecular formula is C8H7F3N2O2. The number of hydrogen-bond acceptors (Lipinski definition) is 3. The molecule has 82 valence electrons. The molecule has 0 fully saturated rings. The van der Waals surface area contributed by atoms with Crippen molar-refractivity contribution in [2.45, 2.75) is 6.36 Å². The second kappa shape index (κ2) is 3.68. The monoisotopic (exact) mass is 220 g/mol. The number of phenols is 1. The number of nitrogens with one attached hydrogen (secondary N) is 1. The summed E-state index contributed by atoms with van der Waals surface area (Å²) in [5, 5.41) is 16.1. The van der Waals surface area contributed by atoms with Gasteiger partial charge in [-0.1, -0.05) is 6.07 Å². The first kappa shape index (κ1) is 11.2. The maximum Gasteiger partial charge on any atom is 0.573 e. The van der Waals surface area contributed by atoms with E-state index in [-0.39, 0.29) is 5.56 Å². The van der Waals surface area contributed by atoms with Gasteiger partial charge in [0.25, 0.3) is 0 Å². The van der Waals surface area contributed by atoms with Gasteiger partial charge in [-0.2, -0.15) is 0 Å². The molecule has 0 heterocycles. The van der Waals surface area contributed by atoms with Crippen molar-refractivity contribution in [2.75, 3.05) is 0 Å². The third-order valence-corrected chi connectivity index (χ3v) is 1.50. The van der Waals surface area contributed by atoms with E-state index >= 15 is 0 Å². The van der Waals surface area contributed by atoms with Crippen LogP contribution in [0.3, 0.4) is 0 Å². The summed E-state index contributed by atoms with van der Waals surface area (Å²) in [6.45, 7) is 0. The van der Waals surface area contributed by atoms with Gasteiger partial charge in [0.15, 0.2) is 11.5 Å². The predicted octanol–water partition coefficient (Wildman–Crippen LogP) is 1.57. The number of phenolic OH excluding ortho intramolecular Hbond substituents is 1. The maximum absolute atomic E-state index is 11.9. The number of halogens is 3. The lowest BCUT2D eigenvalue weighted by Crippen LogP contribution is -2.21. The molecule has 4 N–H and O–H groups in total. The minimum Gasteiger partial charge on any atom is -0.504 e. The SMILES string of the molecule is N=C(N)c1cccc(O)c1OC(F)(F)F. The second-order valence-corrected chi connectivity index (χ2v) is 2.62. The highest BCUT2D eigenvalue weighted by molar-refractivity contribution is 5.98. The zero-order valence-corrected chi connectivity index (χ0v) is 7.30. The molecule has 0 spiro atoms. The molecule has 4 nitrogen and oxygen atoms in total. The van der Waals surface area contributed by atoms with E-state index in [1.165, 1.54) is 6.07 Å². The van der Waals surface area contributed by atoms with Gasteiger partial charge in [-0.3, -0.25) is 5.41 Å². The van der Waals surface area contributed by atoms with Crippen LogP contribution in [-0.2, 0) is 0 Å². The molecule has 0 saturated heterocycles. The third kappa shape index (κ3) is 2.76. The van der Waals surface area contributed by atoms with Crippen LogP contribution in [0.1, 0.15) is 5.56 Å². The molecule has 0 amide bonds. The molecule has 15 heavy (non-hydrogen) atoms. The van der Waals surface area contributed by atoms with Crippen LogP contribution in [0.2, 0.25) is 0 Å². The first-order chi connectivity index (χ1) is 6.81. The number of benzene rings is 1. The van der Waals surface area contributed by atoms with Gasteiger partial charge < -0.3 is 15.6 Å². The highest BCUT2D eigenvalue weighted by Gasteiger charge is 2.33. The van der Waals surface area contributed by atoms with E-state index in [1.807, 2.05) is 0 Å². The highest BCUT2D eigenvalue weighted by atomic mass is 19.4. The van der Waals surface area contributed by atoms with E-state index < -0.39 is 23.7 Å². The Morgan fingerprint density at radius 1 is 1.40 bits per heavy atom. The van der Waals surface area contributed by atoms with Gasteiger partial charge in [0.1, 0.15) is 5.84 Å². The van der Waals surface area contributed by atoms with Crippen LogP contribution in [0.4, 0.5) is 13.2 Å². The fraction of sp³-hybridized carbons (Fsp3) is 0.125. The van der Waals surface area contributed by atoms with Crippen LogP contribution < -0.4 is 10.5 Å². The summed E-state index contributed by atoms with van der Waals surface area (Å²) in [4.78, 5) is 0. The molecule has 0 bridgehead atoms. The van der Waals surface area contributed by atoms with Crippen molar-refractivity contribution in [3.63, 3.8) is 0 Å². The van der Waals surface area contributed by atoms with Crippen LogP contribution in [-0.4, -0.2) is 17.3 Å². The van der Waals surface area contributed by atoms with Gasteiger partial charge in [-0.05, 0) is 12.1 Å². The lowest BCUT2D eigenvalue weighted by molar-refractivity contribution is -0.275. The number of alkyl halides is 3. The Morgan fingerprint density at radius 2 is 2.00 bits per heavy atom. The average molecular weight is 220 g/mol. The van der Waals surface area contributed by atoms with Crippen LogP contribution in [0, 0.1) is 5.41 Å². The van der Waals surface area contributed by atoms with Gasteiger partial charge in [0.05, 0.1) is 5.56 Å². The van der Waals surface area contributed by atoms with Gasteiger partial charge in [0.2, 0.25) is 0 Å². The summed E-state index contributed by atoms with van der Waals surface area (Å²) in [7, 11) is 0. The fourth-order valence-corrected chi connectivity index (χ4v) is 0.960. The number of para-hydroxylation sites is 1. The van der Waals surface area contributed by atoms with Crippen molar-refractivity contribution >= 4 is 5.84 Å². The fourth-order valence-electron chi connectivity index (χ4n) is 0.960. The molecule has 0 aliphatic heterocycles. The average Bonchev–Trinajstić information content (AvgIpc) is 2.05. The number of nitrogen functional groups attached to an aromatic ring is 1. The summed E-state index contributed by atoms with van der Waals surface area (Å²) in [6, 6.07) is 3.41. The van der Waals surface area contributed by atoms with Crippen molar-refractivity contribution < 1.29 is 23.0 Å². The zero-order chi connectivity index (χ0) is 11.6. The lowest BCUT2D eigenvalue weighted by Gasteiger charge is -2.13. The first-order valence-corrected chi connectivity index (χ1v) is 3.73. The van der Waals surface area contributed by atoms with Gasteiger partial charge in [-0.25, -0.2) is 0 Å². The summed E-state index contributed by atoms with van der Waals surface area (Å²) < 4.78 is 39.3. The van der Waals surface area contributed by atoms with Crippen molar-refractivity contribution in [3.8, 4) is 11.5 Å². The number of aromatic hydroxyl groups is 1. The highest BCUT2D eigenvalue weighted by Crippen LogP contribution is 2.34. The zero-order valence-electron chi connectivity index (χ0n) is 7.30. The Hall–Kier alpha value is -1.92. The largest absolute Gasteiger partial charge is 0.573 e. The smallest absolute Gasteiger partial charge is 0.504 e. The molecule has 1 aromatic rings. The Bertz CT molecular complexity index is 390. The van der Waals surface area contributed by atoms with Gasteiger partial charge >= 0.3 is 6.36 Å². The Balaban J connectivity index is 3.19. The van der Waals surface area contributed by atoms with E-state index in [0.717, 1.165) is 12.1 Å². The minimum absolute atomic E-state index is 0.313. The van der Waals surface area contributed by atoms with Crippen molar-refractivity contribution in [1.29, 1.82) is 5.41 Å². The van der Waals surface area contributed by atoms with E-state index in [2.05, 4.69) is 4.74 Å². The van der Waals surface area contributed by atoms with Crippen LogP contribution in [0.5, 0.6) is 11.5 Å². The number of amidine groups is 1. The number of ether oxygens (including phenoxy) is 1. The van der Waals surface area contributed by atoms with Crippen LogP contribution >= 0.6 is 0 Å². The van der Waals surface area contributed by atoms with Gasteiger partial charge in [0, 0.05) is 0 Å². The molecule has 0 radical (unpaired) electrons. The second-order valence-electron chi connectivity index (χ2n) is 2.62. The minimum atomic E-state index is -4.94. The van der Waals surface area contributed by atoms with E-state index in [9.17, 15) is 13.2 Å².